The van der Waals surface area contributed by atoms with Gasteiger partial charge in [0.1, 0.15) is 11.1 Å². The number of carbonyl (C=O) groups excluding carboxylic acids is 2. The topological polar surface area (TPSA) is 96.5 Å². The van der Waals surface area contributed by atoms with Crippen molar-refractivity contribution in [3.05, 3.63) is 29.7 Å². The standard InChI is InChI=1S/C21H29FN4O4/c1-20(2,3)30-19(28)26-9-10-29-12-13(11-26)18(27)23-21(4,5)17-14-7-6-8-15(22)16(14)24-25-17/h6-8,13H,9-12H2,1-5H3,(H,23,27)(H,24,25). The second kappa shape index (κ2) is 8.22. The number of carbonyl (C=O) groups is 2. The molecule has 0 aliphatic carbocycles. The lowest BCUT2D eigenvalue weighted by Crippen LogP contribution is -2.48. The number of aromatic nitrogens is 2. The molecule has 1 aromatic heterocycles. The Morgan fingerprint density at radius 3 is 2.73 bits per heavy atom. The number of aromatic amines is 1. The van der Waals surface area contributed by atoms with Crippen molar-refractivity contribution in [2.75, 3.05) is 26.3 Å². The van der Waals surface area contributed by atoms with Crippen LogP contribution in [0.3, 0.4) is 0 Å². The first-order valence-corrected chi connectivity index (χ1v) is 9.99. The van der Waals surface area contributed by atoms with Crippen LogP contribution in [0.4, 0.5) is 9.18 Å². The maximum atomic E-state index is 14.0. The number of benzene rings is 1. The van der Waals surface area contributed by atoms with Crippen LogP contribution in [-0.2, 0) is 19.8 Å². The third-order valence-corrected chi connectivity index (χ3v) is 4.88. The zero-order valence-corrected chi connectivity index (χ0v) is 18.0. The van der Waals surface area contributed by atoms with E-state index in [2.05, 4.69) is 15.5 Å². The zero-order valence-electron chi connectivity index (χ0n) is 18.0. The number of nitrogens with one attached hydrogen (secondary N) is 2. The maximum Gasteiger partial charge on any atom is 0.410 e. The van der Waals surface area contributed by atoms with E-state index in [1.54, 1.807) is 32.9 Å². The summed E-state index contributed by atoms with van der Waals surface area (Å²) in [4.78, 5) is 27.0. The quantitative estimate of drug-likeness (QED) is 0.796. The summed E-state index contributed by atoms with van der Waals surface area (Å²) < 4.78 is 25.0. The second-order valence-corrected chi connectivity index (χ2v) is 9.05. The van der Waals surface area contributed by atoms with Crippen molar-refractivity contribution in [3.8, 4) is 0 Å². The molecule has 1 unspecified atom stereocenters. The van der Waals surface area contributed by atoms with E-state index in [1.807, 2.05) is 13.8 Å². The molecule has 9 heteroatoms. The minimum atomic E-state index is -0.845. The molecule has 1 aromatic carbocycles. The van der Waals surface area contributed by atoms with Crippen molar-refractivity contribution in [1.82, 2.24) is 20.4 Å². The van der Waals surface area contributed by atoms with Crippen LogP contribution in [0, 0.1) is 11.7 Å². The molecule has 0 saturated carbocycles. The summed E-state index contributed by atoms with van der Waals surface area (Å²) in [5, 5.41) is 10.5. The van der Waals surface area contributed by atoms with Crippen LogP contribution in [0.2, 0.25) is 0 Å². The fourth-order valence-corrected chi connectivity index (χ4v) is 3.41. The molecule has 1 saturated heterocycles. The first-order valence-electron chi connectivity index (χ1n) is 9.99. The molecule has 30 heavy (non-hydrogen) atoms. The Kier molecular flexibility index (Phi) is 6.03. The van der Waals surface area contributed by atoms with E-state index in [0.717, 1.165) is 0 Å². The van der Waals surface area contributed by atoms with E-state index >= 15 is 0 Å². The first kappa shape index (κ1) is 22.0. The van der Waals surface area contributed by atoms with E-state index < -0.39 is 29.0 Å². The first-order chi connectivity index (χ1) is 14.0. The van der Waals surface area contributed by atoms with Crippen LogP contribution in [0.25, 0.3) is 10.9 Å². The molecule has 8 nitrogen and oxygen atoms in total. The van der Waals surface area contributed by atoms with Crippen molar-refractivity contribution in [2.24, 2.45) is 5.92 Å². The van der Waals surface area contributed by atoms with Crippen LogP contribution < -0.4 is 5.32 Å². The highest BCUT2D eigenvalue weighted by molar-refractivity contribution is 5.85. The number of hydrogen-bond donors (Lipinski definition) is 2. The number of halogens is 1. The summed E-state index contributed by atoms with van der Waals surface area (Å²) in [6.07, 6.45) is -0.472. The van der Waals surface area contributed by atoms with Crippen LogP contribution in [-0.4, -0.2) is 59.0 Å². The minimum Gasteiger partial charge on any atom is -0.444 e. The van der Waals surface area contributed by atoms with Gasteiger partial charge < -0.3 is 19.7 Å². The van der Waals surface area contributed by atoms with Gasteiger partial charge in [0.05, 0.1) is 30.4 Å². The van der Waals surface area contributed by atoms with Gasteiger partial charge in [0.2, 0.25) is 5.91 Å². The predicted molar refractivity (Wildman–Crippen MR) is 109 cm³/mol. The number of para-hydroxylation sites is 1. The number of H-pyrrole nitrogens is 1. The third-order valence-electron chi connectivity index (χ3n) is 4.88. The molecular formula is C21H29FN4O4. The van der Waals surface area contributed by atoms with Crippen molar-refractivity contribution in [1.29, 1.82) is 0 Å². The molecule has 1 aliphatic rings. The average Bonchev–Trinajstić information content (AvgIpc) is 2.92. The highest BCUT2D eigenvalue weighted by Gasteiger charge is 2.34. The number of nitrogens with zero attached hydrogens (tertiary/aromatic N) is 2. The number of fused-ring (bicyclic) bond motifs is 1. The van der Waals surface area contributed by atoms with Gasteiger partial charge in [0.25, 0.3) is 0 Å². The van der Waals surface area contributed by atoms with E-state index in [-0.39, 0.29) is 24.6 Å². The van der Waals surface area contributed by atoms with Gasteiger partial charge in [0.15, 0.2) is 5.82 Å². The smallest absolute Gasteiger partial charge is 0.410 e. The van der Waals surface area contributed by atoms with Gasteiger partial charge in [0, 0.05) is 18.5 Å². The lowest BCUT2D eigenvalue weighted by atomic mass is 9.95. The monoisotopic (exact) mass is 420 g/mol. The van der Waals surface area contributed by atoms with E-state index in [1.165, 1.54) is 11.0 Å². The molecule has 2 aromatic rings. The Balaban J connectivity index is 1.74. The number of hydrogen-bond acceptors (Lipinski definition) is 5. The summed E-state index contributed by atoms with van der Waals surface area (Å²) in [6, 6.07) is 4.70. The molecule has 2 heterocycles. The number of rotatable bonds is 3. The van der Waals surface area contributed by atoms with Gasteiger partial charge >= 0.3 is 6.09 Å². The molecular weight excluding hydrogens is 391 g/mol. The van der Waals surface area contributed by atoms with Crippen LogP contribution >= 0.6 is 0 Å². The van der Waals surface area contributed by atoms with Gasteiger partial charge in [-0.05, 0) is 40.7 Å². The molecule has 2 N–H and O–H groups in total. The van der Waals surface area contributed by atoms with E-state index in [0.29, 0.717) is 24.2 Å². The van der Waals surface area contributed by atoms with Crippen LogP contribution in [0.1, 0.15) is 40.3 Å². The SMILES string of the molecule is CC(C)(C)OC(=O)N1CCOCC(C(=O)NC(C)(C)c2[nH]nc3c(F)cccc23)C1. The van der Waals surface area contributed by atoms with Crippen LogP contribution in [0.15, 0.2) is 18.2 Å². The molecule has 0 bridgehead atoms. The summed E-state index contributed by atoms with van der Waals surface area (Å²) in [5.41, 5.74) is -0.642. The third kappa shape index (κ3) is 4.89. The highest BCUT2D eigenvalue weighted by atomic mass is 19.1. The highest BCUT2D eigenvalue weighted by Crippen LogP contribution is 2.28. The molecule has 0 spiro atoms. The Morgan fingerprint density at radius 2 is 2.03 bits per heavy atom. The minimum absolute atomic E-state index is 0.190. The molecule has 1 fully saturated rings. The van der Waals surface area contributed by atoms with Crippen molar-refractivity contribution >= 4 is 22.9 Å². The Labute approximate surface area is 175 Å². The molecule has 164 valence electrons. The number of amides is 2. The molecule has 1 atom stereocenters. The summed E-state index contributed by atoms with van der Waals surface area (Å²) in [5.74, 6) is -1.26. The van der Waals surface area contributed by atoms with Gasteiger partial charge in [-0.15, -0.1) is 0 Å². The van der Waals surface area contributed by atoms with Gasteiger partial charge in [-0.25, -0.2) is 9.18 Å². The van der Waals surface area contributed by atoms with Crippen molar-refractivity contribution < 1.29 is 23.5 Å². The van der Waals surface area contributed by atoms with E-state index in [4.69, 9.17) is 9.47 Å². The van der Waals surface area contributed by atoms with Crippen molar-refractivity contribution in [3.63, 3.8) is 0 Å². The fraction of sp³-hybridized carbons (Fsp3) is 0.571. The predicted octanol–water partition coefficient (Wildman–Crippen LogP) is 2.94. The molecule has 1 aliphatic heterocycles. The normalized spacial score (nSPS) is 18.2. The van der Waals surface area contributed by atoms with Gasteiger partial charge in [-0.2, -0.15) is 5.10 Å². The Hall–Kier alpha value is -2.68. The molecule has 0 radical (unpaired) electrons. The van der Waals surface area contributed by atoms with Gasteiger partial charge in [-0.1, -0.05) is 12.1 Å². The van der Waals surface area contributed by atoms with Gasteiger partial charge in [-0.3, -0.25) is 9.89 Å². The fourth-order valence-electron chi connectivity index (χ4n) is 3.41. The lowest BCUT2D eigenvalue weighted by Gasteiger charge is -2.30. The zero-order chi connectivity index (χ0) is 22.1. The van der Waals surface area contributed by atoms with Crippen molar-refractivity contribution in [2.45, 2.75) is 45.8 Å². The molecule has 3 rings (SSSR count). The second-order valence-electron chi connectivity index (χ2n) is 9.05. The average molecular weight is 420 g/mol. The summed E-state index contributed by atoms with van der Waals surface area (Å²) in [6.45, 7) is 10.1. The molecule has 2 amide bonds. The Morgan fingerprint density at radius 1 is 1.30 bits per heavy atom. The summed E-state index contributed by atoms with van der Waals surface area (Å²) >= 11 is 0. The largest absolute Gasteiger partial charge is 0.444 e. The van der Waals surface area contributed by atoms with Crippen LogP contribution in [0.5, 0.6) is 0 Å². The maximum absolute atomic E-state index is 14.0. The van der Waals surface area contributed by atoms with E-state index in [9.17, 15) is 14.0 Å². The lowest BCUT2D eigenvalue weighted by molar-refractivity contribution is -0.128. The number of ether oxygens (including phenoxy) is 2. The Bertz CT molecular complexity index is 935. The summed E-state index contributed by atoms with van der Waals surface area (Å²) in [7, 11) is 0.